The van der Waals surface area contributed by atoms with E-state index in [9.17, 15) is 19.3 Å². The molecule has 0 aliphatic rings. The third kappa shape index (κ3) is 3.54. The van der Waals surface area contributed by atoms with Gasteiger partial charge in [0.1, 0.15) is 17.3 Å². The minimum atomic E-state index is -0.786. The first-order valence-electron chi connectivity index (χ1n) is 6.43. The van der Waals surface area contributed by atoms with Gasteiger partial charge in [-0.3, -0.25) is 14.9 Å². The van der Waals surface area contributed by atoms with Crippen LogP contribution in [0.5, 0.6) is 11.5 Å². The molecule has 23 heavy (non-hydrogen) atoms. The van der Waals surface area contributed by atoms with E-state index in [1.165, 1.54) is 26.4 Å². The number of nitrogens with zero attached hydrogens (tertiary/aromatic N) is 1. The maximum atomic E-state index is 13.7. The summed E-state index contributed by atoms with van der Waals surface area (Å²) >= 11 is 0. The molecule has 0 fully saturated rings. The number of rotatable bonds is 5. The molecule has 0 saturated carbocycles. The first-order chi connectivity index (χ1) is 11.0. The molecule has 0 aromatic heterocycles. The molecule has 0 bridgehead atoms. The molecule has 0 radical (unpaired) electrons. The Kier molecular flexibility index (Phi) is 4.75. The van der Waals surface area contributed by atoms with Crippen LogP contribution in [0.15, 0.2) is 36.4 Å². The highest BCUT2D eigenvalue weighted by molar-refractivity contribution is 6.06. The number of halogens is 1. The summed E-state index contributed by atoms with van der Waals surface area (Å²) < 4.78 is 23.9. The summed E-state index contributed by atoms with van der Waals surface area (Å²) in [4.78, 5) is 22.4. The number of nitro groups is 1. The zero-order valence-corrected chi connectivity index (χ0v) is 12.3. The number of methoxy groups -OCH3 is 2. The summed E-state index contributed by atoms with van der Waals surface area (Å²) in [6.07, 6.45) is 0. The lowest BCUT2D eigenvalue weighted by Crippen LogP contribution is -2.14. The minimum Gasteiger partial charge on any atom is -0.497 e. The van der Waals surface area contributed by atoms with Crippen molar-refractivity contribution in [2.24, 2.45) is 0 Å². The predicted octanol–water partition coefficient (Wildman–Crippen LogP) is 3.00. The van der Waals surface area contributed by atoms with Crippen LogP contribution < -0.4 is 14.8 Å². The van der Waals surface area contributed by atoms with Crippen molar-refractivity contribution < 1.29 is 23.6 Å². The van der Waals surface area contributed by atoms with Crippen molar-refractivity contribution in [3.8, 4) is 11.5 Å². The van der Waals surface area contributed by atoms with E-state index in [2.05, 4.69) is 5.32 Å². The van der Waals surface area contributed by atoms with Crippen molar-refractivity contribution in [3.05, 3.63) is 57.9 Å². The maximum absolute atomic E-state index is 13.7. The van der Waals surface area contributed by atoms with Crippen molar-refractivity contribution >= 4 is 17.3 Å². The van der Waals surface area contributed by atoms with E-state index in [0.717, 1.165) is 18.2 Å². The number of nitrogens with one attached hydrogen (secondary N) is 1. The van der Waals surface area contributed by atoms with Crippen molar-refractivity contribution in [1.29, 1.82) is 0 Å². The Morgan fingerprint density at radius 1 is 1.17 bits per heavy atom. The molecule has 120 valence electrons. The number of anilines is 1. The molecular formula is C15H13FN2O5. The monoisotopic (exact) mass is 320 g/mol. The first-order valence-corrected chi connectivity index (χ1v) is 6.43. The molecule has 2 aromatic rings. The van der Waals surface area contributed by atoms with E-state index >= 15 is 0 Å². The van der Waals surface area contributed by atoms with E-state index in [0.29, 0.717) is 5.75 Å². The molecule has 0 saturated heterocycles. The standard InChI is InChI=1S/C15H13FN2O5/c1-22-10-4-6-14(23-2)11(8-10)15(19)17-13-7-9(18(20)21)3-5-12(13)16/h3-8H,1-2H3,(H,17,19). The molecule has 0 aliphatic carbocycles. The van der Waals surface area contributed by atoms with Crippen LogP contribution in [0.25, 0.3) is 0 Å². The molecule has 7 nitrogen and oxygen atoms in total. The van der Waals surface area contributed by atoms with Crippen LogP contribution in [0.2, 0.25) is 0 Å². The molecule has 0 spiro atoms. The molecular weight excluding hydrogens is 307 g/mol. The Balaban J connectivity index is 2.36. The number of nitro benzene ring substituents is 1. The van der Waals surface area contributed by atoms with Gasteiger partial charge in [0.2, 0.25) is 0 Å². The predicted molar refractivity (Wildman–Crippen MR) is 80.6 cm³/mol. The van der Waals surface area contributed by atoms with Crippen molar-refractivity contribution in [2.75, 3.05) is 19.5 Å². The number of hydrogen-bond donors (Lipinski definition) is 1. The van der Waals surface area contributed by atoms with Gasteiger partial charge in [-0.25, -0.2) is 4.39 Å². The number of carbonyl (C=O) groups excluding carboxylic acids is 1. The number of carbonyl (C=O) groups is 1. The molecule has 0 unspecified atom stereocenters. The fourth-order valence-corrected chi connectivity index (χ4v) is 1.90. The normalized spacial score (nSPS) is 10.0. The van der Waals surface area contributed by atoms with E-state index in [1.54, 1.807) is 6.07 Å². The summed E-state index contributed by atoms with van der Waals surface area (Å²) in [6.45, 7) is 0. The minimum absolute atomic E-state index is 0.109. The molecule has 2 aromatic carbocycles. The SMILES string of the molecule is COc1ccc(OC)c(C(=O)Nc2cc([N+](=O)[O-])ccc2F)c1. The van der Waals surface area contributed by atoms with Crippen LogP contribution in [0.3, 0.4) is 0 Å². The lowest BCUT2D eigenvalue weighted by Gasteiger charge is -2.11. The number of non-ortho nitro benzene ring substituents is 1. The second kappa shape index (κ2) is 6.73. The number of amides is 1. The van der Waals surface area contributed by atoms with Crippen LogP contribution in [0.4, 0.5) is 15.8 Å². The van der Waals surface area contributed by atoms with Gasteiger partial charge >= 0.3 is 0 Å². The second-order valence-corrected chi connectivity index (χ2v) is 4.44. The highest BCUT2D eigenvalue weighted by Crippen LogP contribution is 2.26. The molecule has 1 N–H and O–H groups in total. The highest BCUT2D eigenvalue weighted by atomic mass is 19.1. The Hall–Kier alpha value is -3.16. The average Bonchev–Trinajstić information content (AvgIpc) is 2.55. The van der Waals surface area contributed by atoms with Gasteiger partial charge in [0.25, 0.3) is 11.6 Å². The van der Waals surface area contributed by atoms with Gasteiger partial charge in [0.15, 0.2) is 0 Å². The van der Waals surface area contributed by atoms with Crippen LogP contribution in [-0.4, -0.2) is 25.1 Å². The van der Waals surface area contributed by atoms with Gasteiger partial charge in [0.05, 0.1) is 30.4 Å². The van der Waals surface area contributed by atoms with Crippen molar-refractivity contribution in [2.45, 2.75) is 0 Å². The quantitative estimate of drug-likeness (QED) is 0.675. The highest BCUT2D eigenvalue weighted by Gasteiger charge is 2.17. The number of ether oxygens (including phenoxy) is 2. The summed E-state index contributed by atoms with van der Waals surface area (Å²) in [5.41, 5.74) is -0.522. The molecule has 0 heterocycles. The zero-order valence-electron chi connectivity index (χ0n) is 12.3. The van der Waals surface area contributed by atoms with Crippen LogP contribution in [-0.2, 0) is 0 Å². The third-order valence-electron chi connectivity index (χ3n) is 3.06. The molecule has 1 amide bonds. The second-order valence-electron chi connectivity index (χ2n) is 4.44. The van der Waals surface area contributed by atoms with Gasteiger partial charge in [-0.05, 0) is 24.3 Å². The molecule has 0 atom stereocenters. The first kappa shape index (κ1) is 16.2. The lowest BCUT2D eigenvalue weighted by atomic mass is 10.1. The fourth-order valence-electron chi connectivity index (χ4n) is 1.90. The Bertz CT molecular complexity index is 764. The fraction of sp³-hybridized carbons (Fsp3) is 0.133. The largest absolute Gasteiger partial charge is 0.497 e. The summed E-state index contributed by atoms with van der Waals surface area (Å²) in [6, 6.07) is 7.41. The van der Waals surface area contributed by atoms with Gasteiger partial charge in [-0.15, -0.1) is 0 Å². The lowest BCUT2D eigenvalue weighted by molar-refractivity contribution is -0.384. The molecule has 0 aliphatic heterocycles. The van der Waals surface area contributed by atoms with E-state index in [4.69, 9.17) is 9.47 Å². The van der Waals surface area contributed by atoms with Gasteiger partial charge in [-0.1, -0.05) is 0 Å². The number of hydrogen-bond acceptors (Lipinski definition) is 5. The smallest absolute Gasteiger partial charge is 0.271 e. The van der Waals surface area contributed by atoms with Gasteiger partial charge in [-0.2, -0.15) is 0 Å². The Labute approximate surface area is 130 Å². The Morgan fingerprint density at radius 2 is 1.91 bits per heavy atom. The van der Waals surface area contributed by atoms with E-state index < -0.39 is 16.6 Å². The zero-order chi connectivity index (χ0) is 17.0. The van der Waals surface area contributed by atoms with E-state index in [-0.39, 0.29) is 22.7 Å². The van der Waals surface area contributed by atoms with Gasteiger partial charge < -0.3 is 14.8 Å². The average molecular weight is 320 g/mol. The van der Waals surface area contributed by atoms with E-state index in [1.807, 2.05) is 0 Å². The molecule has 2 rings (SSSR count). The topological polar surface area (TPSA) is 90.7 Å². The van der Waals surface area contributed by atoms with Crippen molar-refractivity contribution in [1.82, 2.24) is 0 Å². The van der Waals surface area contributed by atoms with Crippen LogP contribution >= 0.6 is 0 Å². The Morgan fingerprint density at radius 3 is 2.52 bits per heavy atom. The summed E-state index contributed by atoms with van der Waals surface area (Å²) in [5.74, 6) is -0.796. The third-order valence-corrected chi connectivity index (χ3v) is 3.06. The van der Waals surface area contributed by atoms with Crippen LogP contribution in [0, 0.1) is 15.9 Å². The van der Waals surface area contributed by atoms with Crippen molar-refractivity contribution in [3.63, 3.8) is 0 Å². The van der Waals surface area contributed by atoms with Crippen LogP contribution in [0.1, 0.15) is 10.4 Å². The van der Waals surface area contributed by atoms with Gasteiger partial charge in [0, 0.05) is 12.1 Å². The molecule has 8 heteroatoms. The summed E-state index contributed by atoms with van der Waals surface area (Å²) in [5, 5.41) is 13.0. The maximum Gasteiger partial charge on any atom is 0.271 e. The summed E-state index contributed by atoms with van der Waals surface area (Å²) in [7, 11) is 2.82. The number of benzene rings is 2.